The molecule has 0 radical (unpaired) electrons. The number of nitrogens with zero attached hydrogens (tertiary/aromatic N) is 4. The van der Waals surface area contributed by atoms with Gasteiger partial charge in [-0.2, -0.15) is 0 Å². The first-order valence-electron chi connectivity index (χ1n) is 8.78. The lowest BCUT2D eigenvalue weighted by atomic mass is 10.1. The van der Waals surface area contributed by atoms with Crippen molar-refractivity contribution in [3.8, 4) is 0 Å². The average Bonchev–Trinajstić information content (AvgIpc) is 2.96. The molecule has 7 heteroatoms. The van der Waals surface area contributed by atoms with Gasteiger partial charge in [0.05, 0.1) is 6.10 Å². The number of β-amino-alcohol motifs (C(OH)–C–C–N with tert-alkyl or cyclic N) is 1. The summed E-state index contributed by atoms with van der Waals surface area (Å²) >= 11 is 0. The van der Waals surface area contributed by atoms with Gasteiger partial charge in [-0.15, -0.1) is 0 Å². The molecule has 0 aliphatic carbocycles. The molecular weight excluding hydrogens is 332 g/mol. The molecule has 1 aliphatic rings. The van der Waals surface area contributed by atoms with Gasteiger partial charge in [0, 0.05) is 57.2 Å². The molecule has 1 saturated heterocycles. The predicted octanol–water partition coefficient (Wildman–Crippen LogP) is 1.38. The third-order valence-corrected chi connectivity index (χ3v) is 4.95. The fourth-order valence-electron chi connectivity index (χ4n) is 3.39. The summed E-state index contributed by atoms with van der Waals surface area (Å²) in [6.07, 6.45) is 0.947. The van der Waals surface area contributed by atoms with E-state index in [2.05, 4.69) is 39.0 Å². The molecule has 0 amide bonds. The van der Waals surface area contributed by atoms with E-state index in [1.807, 2.05) is 6.07 Å². The summed E-state index contributed by atoms with van der Waals surface area (Å²) in [6, 6.07) is 12.1. The second-order valence-electron chi connectivity index (χ2n) is 6.66. The van der Waals surface area contributed by atoms with Crippen LogP contribution in [0.2, 0.25) is 0 Å². The van der Waals surface area contributed by atoms with Crippen molar-refractivity contribution >= 4 is 16.9 Å². The molecule has 1 aromatic carbocycles. The average molecular weight is 354 g/mol. The SMILES string of the molecule is Cn1c(=O)oc2cc(C(O)CN3CCN(c4ccccc4)CC3)cnc21. The van der Waals surface area contributed by atoms with Crippen molar-refractivity contribution in [3.63, 3.8) is 0 Å². The standard InChI is InChI=1S/C19H22N4O3/c1-21-18-17(26-19(21)25)11-14(12-20-18)16(24)13-22-7-9-23(10-8-22)15-5-3-2-4-6-15/h2-6,11-12,16,24H,7-10,13H2,1H3. The van der Waals surface area contributed by atoms with E-state index in [4.69, 9.17) is 4.42 Å². The molecule has 0 bridgehead atoms. The number of benzene rings is 1. The molecule has 136 valence electrons. The summed E-state index contributed by atoms with van der Waals surface area (Å²) in [6.45, 7) is 4.18. The summed E-state index contributed by atoms with van der Waals surface area (Å²) < 4.78 is 6.51. The quantitative estimate of drug-likeness (QED) is 0.763. The summed E-state index contributed by atoms with van der Waals surface area (Å²) in [7, 11) is 1.61. The number of piperazine rings is 1. The molecule has 3 heterocycles. The molecule has 0 saturated carbocycles. The second-order valence-corrected chi connectivity index (χ2v) is 6.66. The van der Waals surface area contributed by atoms with Gasteiger partial charge in [-0.3, -0.25) is 9.47 Å². The van der Waals surface area contributed by atoms with E-state index in [0.29, 0.717) is 23.3 Å². The number of aryl methyl sites for hydroxylation is 1. The van der Waals surface area contributed by atoms with Crippen molar-refractivity contribution in [1.82, 2.24) is 14.5 Å². The fourth-order valence-corrected chi connectivity index (χ4v) is 3.39. The zero-order chi connectivity index (χ0) is 18.1. The van der Waals surface area contributed by atoms with Crippen molar-refractivity contribution in [3.05, 3.63) is 58.7 Å². The Morgan fingerprint density at radius 1 is 1.19 bits per heavy atom. The van der Waals surface area contributed by atoms with Crippen molar-refractivity contribution in [2.24, 2.45) is 7.05 Å². The number of oxazole rings is 1. The molecule has 1 aliphatic heterocycles. The molecule has 3 aromatic rings. The van der Waals surface area contributed by atoms with E-state index < -0.39 is 11.9 Å². The van der Waals surface area contributed by atoms with Crippen LogP contribution in [0.1, 0.15) is 11.7 Å². The van der Waals surface area contributed by atoms with Gasteiger partial charge in [-0.05, 0) is 18.2 Å². The molecule has 26 heavy (non-hydrogen) atoms. The Hall–Kier alpha value is -2.64. The lowest BCUT2D eigenvalue weighted by Crippen LogP contribution is -2.47. The van der Waals surface area contributed by atoms with Gasteiger partial charge >= 0.3 is 5.76 Å². The van der Waals surface area contributed by atoms with Gasteiger partial charge < -0.3 is 14.4 Å². The van der Waals surface area contributed by atoms with Gasteiger partial charge in [0.15, 0.2) is 11.2 Å². The molecule has 2 aromatic heterocycles. The largest absolute Gasteiger partial charge is 0.420 e. The summed E-state index contributed by atoms with van der Waals surface area (Å²) in [5.74, 6) is -0.448. The Morgan fingerprint density at radius 3 is 2.65 bits per heavy atom. The lowest BCUT2D eigenvalue weighted by Gasteiger charge is -2.36. The number of hydrogen-bond donors (Lipinski definition) is 1. The number of para-hydroxylation sites is 1. The third-order valence-electron chi connectivity index (χ3n) is 4.95. The Bertz CT molecular complexity index is 942. The fraction of sp³-hybridized carbons (Fsp3) is 0.368. The van der Waals surface area contributed by atoms with E-state index >= 15 is 0 Å². The van der Waals surface area contributed by atoms with Crippen LogP contribution in [0.4, 0.5) is 5.69 Å². The Labute approximate surface area is 151 Å². The molecule has 1 atom stereocenters. The number of aromatic nitrogens is 2. The van der Waals surface area contributed by atoms with Crippen molar-refractivity contribution in [1.29, 1.82) is 0 Å². The summed E-state index contributed by atoms with van der Waals surface area (Å²) in [5.41, 5.74) is 2.80. The number of fused-ring (bicyclic) bond motifs is 1. The number of anilines is 1. The number of aliphatic hydroxyl groups is 1. The number of aliphatic hydroxyl groups excluding tert-OH is 1. The first kappa shape index (κ1) is 16.8. The van der Waals surface area contributed by atoms with E-state index in [1.54, 1.807) is 19.3 Å². The van der Waals surface area contributed by atoms with E-state index in [1.165, 1.54) is 10.3 Å². The van der Waals surface area contributed by atoms with Crippen molar-refractivity contribution in [2.75, 3.05) is 37.6 Å². The maximum atomic E-state index is 11.6. The van der Waals surface area contributed by atoms with Gasteiger partial charge in [0.1, 0.15) is 0 Å². The Morgan fingerprint density at radius 2 is 1.92 bits per heavy atom. The van der Waals surface area contributed by atoms with Gasteiger partial charge in [-0.25, -0.2) is 9.78 Å². The lowest BCUT2D eigenvalue weighted by molar-refractivity contribution is 0.109. The van der Waals surface area contributed by atoms with E-state index in [-0.39, 0.29) is 0 Å². The minimum Gasteiger partial charge on any atom is -0.406 e. The minimum absolute atomic E-state index is 0.406. The van der Waals surface area contributed by atoms with Crippen LogP contribution in [0, 0.1) is 0 Å². The molecule has 7 nitrogen and oxygen atoms in total. The summed E-state index contributed by atoms with van der Waals surface area (Å²) in [5, 5.41) is 10.6. The topological polar surface area (TPSA) is 74.7 Å². The van der Waals surface area contributed by atoms with E-state index in [0.717, 1.165) is 26.2 Å². The molecule has 1 fully saturated rings. The number of rotatable bonds is 4. The van der Waals surface area contributed by atoms with Crippen molar-refractivity contribution < 1.29 is 9.52 Å². The highest BCUT2D eigenvalue weighted by molar-refractivity contribution is 5.68. The monoisotopic (exact) mass is 354 g/mol. The molecule has 1 N–H and O–H groups in total. The van der Waals surface area contributed by atoms with Crippen LogP contribution in [0.15, 0.2) is 51.8 Å². The maximum absolute atomic E-state index is 11.6. The van der Waals surface area contributed by atoms with E-state index in [9.17, 15) is 9.90 Å². The Balaban J connectivity index is 1.39. The second kappa shape index (κ2) is 6.93. The first-order chi connectivity index (χ1) is 12.6. The zero-order valence-electron chi connectivity index (χ0n) is 14.7. The van der Waals surface area contributed by atoms with Crippen molar-refractivity contribution in [2.45, 2.75) is 6.10 Å². The van der Waals surface area contributed by atoms with Gasteiger partial charge in [0.2, 0.25) is 0 Å². The first-order valence-corrected chi connectivity index (χ1v) is 8.78. The van der Waals surface area contributed by atoms with Gasteiger partial charge in [-0.1, -0.05) is 18.2 Å². The van der Waals surface area contributed by atoms with Crippen LogP contribution in [0.5, 0.6) is 0 Å². The molecule has 4 rings (SSSR count). The van der Waals surface area contributed by atoms with Crippen LogP contribution in [-0.4, -0.2) is 52.3 Å². The smallest absolute Gasteiger partial charge is 0.406 e. The minimum atomic E-state index is -0.666. The molecule has 0 spiro atoms. The highest BCUT2D eigenvalue weighted by Crippen LogP contribution is 2.20. The number of pyridine rings is 1. The van der Waals surface area contributed by atoms with Crippen LogP contribution in [0.25, 0.3) is 11.2 Å². The zero-order valence-corrected chi connectivity index (χ0v) is 14.7. The Kier molecular flexibility index (Phi) is 4.48. The highest BCUT2D eigenvalue weighted by atomic mass is 16.4. The normalized spacial score (nSPS) is 16.9. The van der Waals surface area contributed by atoms with Crippen LogP contribution in [-0.2, 0) is 7.05 Å². The highest BCUT2D eigenvalue weighted by Gasteiger charge is 2.21. The molecular formula is C19H22N4O3. The van der Waals surface area contributed by atoms with Crippen LogP contribution in [0.3, 0.4) is 0 Å². The predicted molar refractivity (Wildman–Crippen MR) is 99.3 cm³/mol. The third kappa shape index (κ3) is 3.23. The summed E-state index contributed by atoms with van der Waals surface area (Å²) in [4.78, 5) is 20.4. The molecule has 1 unspecified atom stereocenters. The van der Waals surface area contributed by atoms with Gasteiger partial charge in [0.25, 0.3) is 0 Å². The number of hydrogen-bond acceptors (Lipinski definition) is 6. The van der Waals surface area contributed by atoms with Crippen LogP contribution < -0.4 is 10.7 Å². The van der Waals surface area contributed by atoms with Crippen LogP contribution >= 0.6 is 0 Å². The maximum Gasteiger partial charge on any atom is 0.420 e.